The maximum Gasteiger partial charge on any atom is 0.146 e. The molecule has 0 aromatic carbocycles. The Morgan fingerprint density at radius 3 is 1.75 bits per heavy atom. The summed E-state index contributed by atoms with van der Waals surface area (Å²) in [5.74, 6) is 1.72. The number of carbonyl (C=O) groups excluding carboxylic acids is 1. The van der Waals surface area contributed by atoms with E-state index in [1.54, 1.807) is 0 Å². The van der Waals surface area contributed by atoms with Crippen LogP contribution in [0.4, 0.5) is 0 Å². The third-order valence-electron chi connectivity index (χ3n) is 22.1. The molecule has 9 aliphatic rings. The van der Waals surface area contributed by atoms with Crippen LogP contribution in [0.3, 0.4) is 0 Å². The minimum atomic E-state index is -0.789. The summed E-state index contributed by atoms with van der Waals surface area (Å²) in [7, 11) is 1.82. The predicted molar refractivity (Wildman–Crippen MR) is 307 cm³/mol. The maximum absolute atomic E-state index is 13.8. The van der Waals surface area contributed by atoms with Crippen LogP contribution in [-0.4, -0.2) is 75.6 Å². The van der Waals surface area contributed by atoms with Crippen LogP contribution >= 0.6 is 12.6 Å². The molecule has 19 atom stereocenters. The predicted octanol–water partition coefficient (Wildman–Crippen LogP) is 13.5. The van der Waals surface area contributed by atoms with Crippen molar-refractivity contribution in [2.75, 3.05) is 7.11 Å². The highest BCUT2D eigenvalue weighted by molar-refractivity contribution is 7.84. The SMILES string of the molecule is CO[C@H]1CC(S)=C2C=C1C(C1=CCC(C(C)C)CC1)C1CC(C(O)CC1O)C(C1CC=C(C(C)C)CC1)C1=C(C=O)CC(O)[C@@H](C1)C(C1=CCC(C(C)C)CC1)C1CC(C(O)CC1O)C2C1C=CCC(C(C)C)=CC1. The molecule has 0 radical (unpaired) electrons. The summed E-state index contributed by atoms with van der Waals surface area (Å²) >= 11 is 5.50. The molecule has 2 saturated carbocycles. The summed E-state index contributed by atoms with van der Waals surface area (Å²) in [5.41, 5.74) is 9.76. The summed E-state index contributed by atoms with van der Waals surface area (Å²) < 4.78 is 6.63. The molecule has 8 bridgehead atoms. The van der Waals surface area contributed by atoms with E-state index in [2.05, 4.69) is 97.9 Å². The molecule has 0 saturated heterocycles. The average molecular weight is 1050 g/mol. The number of ether oxygens (including phenoxy) is 1. The van der Waals surface area contributed by atoms with Gasteiger partial charge in [-0.3, -0.25) is 4.79 Å². The number of aliphatic hydroxyl groups is 5. The van der Waals surface area contributed by atoms with Gasteiger partial charge in [-0.15, -0.1) is 12.6 Å². The van der Waals surface area contributed by atoms with Crippen molar-refractivity contribution in [2.45, 2.75) is 208 Å². The minimum Gasteiger partial charge on any atom is -0.393 e. The van der Waals surface area contributed by atoms with Crippen LogP contribution in [0.5, 0.6) is 0 Å². The molecule has 9 rings (SSSR count). The lowest BCUT2D eigenvalue weighted by Crippen LogP contribution is -2.51. The van der Waals surface area contributed by atoms with Crippen molar-refractivity contribution in [1.82, 2.24) is 0 Å². The van der Waals surface area contributed by atoms with Crippen molar-refractivity contribution in [1.29, 1.82) is 0 Å². The van der Waals surface area contributed by atoms with Gasteiger partial charge in [-0.05, 0) is 219 Å². The lowest BCUT2D eigenvalue weighted by Gasteiger charge is -2.52. The molecule has 75 heavy (non-hydrogen) atoms. The normalized spacial score (nSPS) is 41.3. The van der Waals surface area contributed by atoms with Crippen LogP contribution in [0.25, 0.3) is 0 Å². The topological polar surface area (TPSA) is 127 Å². The van der Waals surface area contributed by atoms with E-state index in [9.17, 15) is 30.3 Å². The average Bonchev–Trinajstić information content (AvgIpc) is 3.65. The van der Waals surface area contributed by atoms with Crippen LogP contribution < -0.4 is 0 Å². The molecular formula is C67H100O7S. The number of rotatable bonds is 10. The molecule has 0 amide bonds. The van der Waals surface area contributed by atoms with Crippen LogP contribution in [0.2, 0.25) is 0 Å². The van der Waals surface area contributed by atoms with Gasteiger partial charge < -0.3 is 30.3 Å². The minimum absolute atomic E-state index is 0.0639. The van der Waals surface area contributed by atoms with Crippen molar-refractivity contribution in [3.63, 3.8) is 0 Å². The molecule has 0 heterocycles. The number of thiol groups is 1. The quantitative estimate of drug-likeness (QED) is 0.0731. The van der Waals surface area contributed by atoms with E-state index in [0.717, 1.165) is 93.0 Å². The summed E-state index contributed by atoms with van der Waals surface area (Å²) in [5, 5.41) is 64.1. The van der Waals surface area contributed by atoms with Gasteiger partial charge in [-0.25, -0.2) is 0 Å². The smallest absolute Gasteiger partial charge is 0.146 e. The highest BCUT2D eigenvalue weighted by Gasteiger charge is 2.54. The van der Waals surface area contributed by atoms with E-state index in [1.165, 1.54) is 27.9 Å². The Morgan fingerprint density at radius 1 is 0.600 bits per heavy atom. The van der Waals surface area contributed by atoms with Crippen LogP contribution in [0, 0.1) is 101 Å². The zero-order chi connectivity index (χ0) is 53.6. The first-order chi connectivity index (χ1) is 35.9. The van der Waals surface area contributed by atoms with Gasteiger partial charge in [0.15, 0.2) is 0 Å². The van der Waals surface area contributed by atoms with E-state index in [4.69, 9.17) is 17.4 Å². The van der Waals surface area contributed by atoms with Crippen molar-refractivity contribution < 1.29 is 35.1 Å². The maximum atomic E-state index is 13.8. The highest BCUT2D eigenvalue weighted by atomic mass is 32.1. The summed E-state index contributed by atoms with van der Waals surface area (Å²) in [4.78, 5) is 14.8. The molecule has 0 aliphatic heterocycles. The van der Waals surface area contributed by atoms with Gasteiger partial charge in [0, 0.05) is 25.9 Å². The number of allylic oxidation sites excluding steroid dienone is 13. The fraction of sp³-hybridized carbons (Fsp3) is 0.746. The van der Waals surface area contributed by atoms with Crippen LogP contribution in [0.15, 0.2) is 92.0 Å². The highest BCUT2D eigenvalue weighted by Crippen LogP contribution is 2.58. The lowest BCUT2D eigenvalue weighted by atomic mass is 9.54. The molecule has 8 heteroatoms. The molecule has 9 aliphatic carbocycles. The van der Waals surface area contributed by atoms with Crippen molar-refractivity contribution in [3.8, 4) is 0 Å². The summed E-state index contributed by atoms with van der Waals surface area (Å²) in [6, 6.07) is 0. The Kier molecular flexibility index (Phi) is 18.8. The molecular weight excluding hydrogens is 949 g/mol. The molecule has 7 nitrogen and oxygen atoms in total. The lowest BCUT2D eigenvalue weighted by molar-refractivity contribution is -0.106. The Bertz CT molecular complexity index is 2290. The van der Waals surface area contributed by atoms with Gasteiger partial charge in [0.2, 0.25) is 0 Å². The van der Waals surface area contributed by atoms with Crippen LogP contribution in [-0.2, 0) is 9.53 Å². The summed E-state index contributed by atoms with van der Waals surface area (Å²) in [6.45, 7) is 18.5. The molecule has 5 N–H and O–H groups in total. The first-order valence-electron chi connectivity index (χ1n) is 30.5. The summed E-state index contributed by atoms with van der Waals surface area (Å²) in [6.07, 6.45) is 27.7. The van der Waals surface area contributed by atoms with Gasteiger partial charge >= 0.3 is 0 Å². The fourth-order valence-corrected chi connectivity index (χ4v) is 17.9. The van der Waals surface area contributed by atoms with Crippen LogP contribution in [0.1, 0.15) is 171 Å². The number of hydrogen-bond donors (Lipinski definition) is 6. The molecule has 17 unspecified atom stereocenters. The number of hydrogen-bond acceptors (Lipinski definition) is 8. The van der Waals surface area contributed by atoms with E-state index < -0.39 is 30.5 Å². The van der Waals surface area contributed by atoms with E-state index >= 15 is 0 Å². The van der Waals surface area contributed by atoms with Crippen molar-refractivity contribution in [2.24, 2.45) is 101 Å². The number of methoxy groups -OCH3 is 1. The standard InChI is InChI=1S/C67H100O7S/c1-36(2)40-11-10-12-44(20-13-40)67-54-30-52(59(71)33-61(54)73)65(46-23-16-42(17-24-46)38(5)6)50-28-49(48(35-68)27-57(50)69)64(45-21-14-41(15-22-45)37(3)4)51-29-53(60(72)32-58(51)70)66(47-25-18-43(19-26-47)39(7)8)55-31-56(67)63(75)34-62(55)74-9/h10,12-14,23,25,31,35-39,42-45,50-54,57-62,64-67,69-73,75H,11,15-22,24,26-30,32-34H2,1-9H3/t42?,43?,44?,45?,50-,51?,52?,53?,54?,57?,58?,59?,60?,61?,62+,64?,65?,66?,67?/m1/s1. The van der Waals surface area contributed by atoms with Crippen molar-refractivity contribution >= 4 is 18.9 Å². The largest absolute Gasteiger partial charge is 0.393 e. The van der Waals surface area contributed by atoms with E-state index in [-0.39, 0.29) is 90.5 Å². The van der Waals surface area contributed by atoms with E-state index in [1.807, 2.05) is 7.11 Å². The fourth-order valence-electron chi connectivity index (χ4n) is 17.5. The molecule has 0 spiro atoms. The first-order valence-corrected chi connectivity index (χ1v) is 31.0. The molecule has 416 valence electrons. The Balaban J connectivity index is 1.30. The first kappa shape index (κ1) is 57.4. The van der Waals surface area contributed by atoms with Gasteiger partial charge in [0.05, 0.1) is 36.6 Å². The molecule has 2 fully saturated rings. The van der Waals surface area contributed by atoms with Gasteiger partial charge in [-0.1, -0.05) is 126 Å². The molecule has 0 aromatic heterocycles. The second kappa shape index (κ2) is 24.6. The number of aldehydes is 1. The zero-order valence-corrected chi connectivity index (χ0v) is 48.5. The van der Waals surface area contributed by atoms with Gasteiger partial charge in [0.25, 0.3) is 0 Å². The third kappa shape index (κ3) is 12.0. The van der Waals surface area contributed by atoms with Gasteiger partial charge in [0.1, 0.15) is 6.29 Å². The second-order valence-electron chi connectivity index (χ2n) is 27.3. The Hall–Kier alpha value is -2.30. The molecule has 0 aromatic rings. The van der Waals surface area contributed by atoms with Crippen molar-refractivity contribution in [3.05, 3.63) is 92.0 Å². The van der Waals surface area contributed by atoms with E-state index in [0.29, 0.717) is 66.8 Å². The Labute approximate surface area is 459 Å². The number of carbonyl (C=O) groups is 1. The van der Waals surface area contributed by atoms with Gasteiger partial charge in [-0.2, -0.15) is 0 Å². The zero-order valence-electron chi connectivity index (χ0n) is 47.6. The second-order valence-corrected chi connectivity index (χ2v) is 27.8. The number of fused-ring (bicyclic) bond motifs is 7. The monoisotopic (exact) mass is 1050 g/mol. The number of aliphatic hydroxyl groups excluding tert-OH is 5. The Morgan fingerprint density at radius 2 is 1.19 bits per heavy atom. The third-order valence-corrected chi connectivity index (χ3v) is 22.5.